The van der Waals surface area contributed by atoms with Gasteiger partial charge in [0.1, 0.15) is 0 Å². The van der Waals surface area contributed by atoms with E-state index < -0.39 is 0 Å². The second kappa shape index (κ2) is 4.24. The fourth-order valence-electron chi connectivity index (χ4n) is 4.57. The summed E-state index contributed by atoms with van der Waals surface area (Å²) in [6.45, 7) is 8.48. The number of nitrogens with two attached hydrogens (primary N) is 1. The van der Waals surface area contributed by atoms with E-state index in [0.717, 1.165) is 17.8 Å². The van der Waals surface area contributed by atoms with Crippen molar-refractivity contribution in [3.8, 4) is 0 Å². The Kier molecular flexibility index (Phi) is 2.99. The van der Waals surface area contributed by atoms with E-state index >= 15 is 0 Å². The molecular formula is C15H28N2. The predicted octanol–water partition coefficient (Wildman–Crippen LogP) is 2.48. The molecular weight excluding hydrogens is 208 g/mol. The molecule has 3 fully saturated rings. The van der Waals surface area contributed by atoms with E-state index in [9.17, 15) is 0 Å². The third kappa shape index (κ3) is 2.26. The van der Waals surface area contributed by atoms with Crippen molar-refractivity contribution in [2.75, 3.05) is 19.6 Å². The molecule has 98 valence electrons. The summed E-state index contributed by atoms with van der Waals surface area (Å²) in [4.78, 5) is 2.70. The van der Waals surface area contributed by atoms with Gasteiger partial charge in [-0.05, 0) is 55.4 Å². The van der Waals surface area contributed by atoms with Gasteiger partial charge in [-0.15, -0.1) is 0 Å². The van der Waals surface area contributed by atoms with Crippen molar-refractivity contribution in [2.24, 2.45) is 28.9 Å². The molecule has 4 unspecified atom stereocenters. The van der Waals surface area contributed by atoms with Gasteiger partial charge in [0.05, 0.1) is 0 Å². The van der Waals surface area contributed by atoms with Crippen molar-refractivity contribution in [1.82, 2.24) is 4.90 Å². The number of piperidine rings is 1. The Morgan fingerprint density at radius 3 is 2.59 bits per heavy atom. The normalized spacial score (nSPS) is 45.4. The summed E-state index contributed by atoms with van der Waals surface area (Å²) in [5.41, 5.74) is 6.53. The molecule has 1 heterocycles. The van der Waals surface area contributed by atoms with Crippen molar-refractivity contribution in [1.29, 1.82) is 0 Å². The molecule has 2 N–H and O–H groups in total. The van der Waals surface area contributed by atoms with Crippen LogP contribution >= 0.6 is 0 Å². The van der Waals surface area contributed by atoms with E-state index in [1.807, 2.05) is 0 Å². The van der Waals surface area contributed by atoms with Crippen LogP contribution in [0.15, 0.2) is 0 Å². The summed E-state index contributed by atoms with van der Waals surface area (Å²) >= 11 is 0. The molecule has 2 aliphatic carbocycles. The van der Waals surface area contributed by atoms with Crippen molar-refractivity contribution in [3.05, 3.63) is 0 Å². The Bertz CT molecular complexity index is 287. The van der Waals surface area contributed by atoms with Gasteiger partial charge >= 0.3 is 0 Å². The third-order valence-electron chi connectivity index (χ3n) is 5.77. The van der Waals surface area contributed by atoms with E-state index in [1.165, 1.54) is 45.3 Å². The van der Waals surface area contributed by atoms with Gasteiger partial charge in [0.2, 0.25) is 0 Å². The van der Waals surface area contributed by atoms with Crippen LogP contribution in [0.3, 0.4) is 0 Å². The monoisotopic (exact) mass is 236 g/mol. The van der Waals surface area contributed by atoms with Gasteiger partial charge in [0.25, 0.3) is 0 Å². The topological polar surface area (TPSA) is 29.3 Å². The lowest BCUT2D eigenvalue weighted by atomic mass is 9.79. The fourth-order valence-corrected chi connectivity index (χ4v) is 4.57. The highest BCUT2D eigenvalue weighted by Crippen LogP contribution is 2.48. The Morgan fingerprint density at radius 1 is 1.18 bits per heavy atom. The van der Waals surface area contributed by atoms with Crippen molar-refractivity contribution in [3.63, 3.8) is 0 Å². The lowest BCUT2D eigenvalue weighted by Crippen LogP contribution is -2.53. The van der Waals surface area contributed by atoms with Crippen molar-refractivity contribution >= 4 is 0 Å². The highest BCUT2D eigenvalue weighted by molar-refractivity contribution is 4.94. The minimum Gasteiger partial charge on any atom is -0.327 e. The summed E-state index contributed by atoms with van der Waals surface area (Å²) in [6, 6.07) is 0.402. The van der Waals surface area contributed by atoms with Crippen LogP contribution in [-0.2, 0) is 0 Å². The number of fused-ring (bicyclic) bond motifs is 2. The van der Waals surface area contributed by atoms with E-state index in [0.29, 0.717) is 11.5 Å². The van der Waals surface area contributed by atoms with E-state index in [-0.39, 0.29) is 0 Å². The molecule has 0 aromatic rings. The minimum absolute atomic E-state index is 0.315. The summed E-state index contributed by atoms with van der Waals surface area (Å²) in [5.74, 6) is 3.17. The van der Waals surface area contributed by atoms with Crippen LogP contribution in [0, 0.1) is 23.2 Å². The SMILES string of the molecule is CC1(C)CN(CC2CC3CCC2C3)CCC1N. The molecule has 3 aliphatic rings. The van der Waals surface area contributed by atoms with Gasteiger partial charge in [-0.25, -0.2) is 0 Å². The Hall–Kier alpha value is -0.0800. The van der Waals surface area contributed by atoms with Crippen LogP contribution in [0.2, 0.25) is 0 Å². The van der Waals surface area contributed by atoms with Gasteiger partial charge in [-0.1, -0.05) is 20.3 Å². The maximum atomic E-state index is 6.22. The van der Waals surface area contributed by atoms with Crippen LogP contribution in [0.25, 0.3) is 0 Å². The number of rotatable bonds is 2. The molecule has 1 saturated heterocycles. The molecule has 3 rings (SSSR count). The number of hydrogen-bond acceptors (Lipinski definition) is 2. The molecule has 0 radical (unpaired) electrons. The van der Waals surface area contributed by atoms with Crippen LogP contribution in [0.5, 0.6) is 0 Å². The van der Waals surface area contributed by atoms with Crippen molar-refractivity contribution < 1.29 is 0 Å². The molecule has 0 aromatic carbocycles. The third-order valence-corrected chi connectivity index (χ3v) is 5.77. The maximum absolute atomic E-state index is 6.22. The Morgan fingerprint density at radius 2 is 2.00 bits per heavy atom. The van der Waals surface area contributed by atoms with Crippen LogP contribution in [0.1, 0.15) is 46.0 Å². The zero-order valence-electron chi connectivity index (χ0n) is 11.5. The first-order valence-corrected chi connectivity index (χ1v) is 7.52. The number of likely N-dealkylation sites (tertiary alicyclic amines) is 1. The van der Waals surface area contributed by atoms with Gasteiger partial charge in [0.15, 0.2) is 0 Å². The maximum Gasteiger partial charge on any atom is 0.0115 e. The molecule has 1 aliphatic heterocycles. The van der Waals surface area contributed by atoms with E-state index in [1.54, 1.807) is 6.42 Å². The van der Waals surface area contributed by atoms with Gasteiger partial charge < -0.3 is 10.6 Å². The minimum atomic E-state index is 0.315. The molecule has 2 nitrogen and oxygen atoms in total. The summed E-state index contributed by atoms with van der Waals surface area (Å²) in [5, 5.41) is 0. The lowest BCUT2D eigenvalue weighted by molar-refractivity contribution is 0.0729. The van der Waals surface area contributed by atoms with E-state index in [4.69, 9.17) is 5.73 Å². The van der Waals surface area contributed by atoms with E-state index in [2.05, 4.69) is 18.7 Å². The first-order valence-electron chi connectivity index (χ1n) is 7.52. The van der Waals surface area contributed by atoms with Gasteiger partial charge in [-0.3, -0.25) is 0 Å². The highest BCUT2D eigenvalue weighted by atomic mass is 15.2. The first-order chi connectivity index (χ1) is 8.04. The molecule has 4 atom stereocenters. The second-order valence-corrected chi connectivity index (χ2v) is 7.55. The molecule has 2 heteroatoms. The smallest absolute Gasteiger partial charge is 0.0115 e. The summed E-state index contributed by atoms with van der Waals surface area (Å²) < 4.78 is 0. The second-order valence-electron chi connectivity index (χ2n) is 7.55. The average molecular weight is 236 g/mol. The predicted molar refractivity (Wildman–Crippen MR) is 71.8 cm³/mol. The number of nitrogens with zero attached hydrogens (tertiary/aromatic N) is 1. The Labute approximate surface area is 106 Å². The lowest BCUT2D eigenvalue weighted by Gasteiger charge is -2.44. The van der Waals surface area contributed by atoms with Crippen LogP contribution < -0.4 is 5.73 Å². The summed E-state index contributed by atoms with van der Waals surface area (Å²) in [6.07, 6.45) is 7.30. The summed E-state index contributed by atoms with van der Waals surface area (Å²) in [7, 11) is 0. The van der Waals surface area contributed by atoms with Crippen LogP contribution in [0.4, 0.5) is 0 Å². The largest absolute Gasteiger partial charge is 0.327 e. The molecule has 17 heavy (non-hydrogen) atoms. The van der Waals surface area contributed by atoms with Gasteiger partial charge in [0, 0.05) is 19.1 Å². The molecule has 0 amide bonds. The first kappa shape index (κ1) is 12.0. The van der Waals surface area contributed by atoms with Crippen LogP contribution in [-0.4, -0.2) is 30.6 Å². The standard InChI is InChI=1S/C15H28N2/c1-15(2)10-17(6-5-14(15)16)9-13-8-11-3-4-12(13)7-11/h11-14H,3-10,16H2,1-2H3. The zero-order valence-corrected chi connectivity index (χ0v) is 11.5. The fraction of sp³-hybridized carbons (Fsp3) is 1.00. The average Bonchev–Trinajstić information content (AvgIpc) is 2.85. The molecule has 2 bridgehead atoms. The molecule has 0 aromatic heterocycles. The molecule has 2 saturated carbocycles. The quantitative estimate of drug-likeness (QED) is 0.798. The molecule has 0 spiro atoms. The Balaban J connectivity index is 1.56. The highest BCUT2D eigenvalue weighted by Gasteiger charge is 2.41. The van der Waals surface area contributed by atoms with Gasteiger partial charge in [-0.2, -0.15) is 0 Å². The van der Waals surface area contributed by atoms with Crippen molar-refractivity contribution in [2.45, 2.75) is 52.0 Å². The zero-order chi connectivity index (χ0) is 12.0. The number of hydrogen-bond donors (Lipinski definition) is 1.